The lowest BCUT2D eigenvalue weighted by Crippen LogP contribution is -2.29. The fourth-order valence-electron chi connectivity index (χ4n) is 2.06. The van der Waals surface area contributed by atoms with Crippen molar-refractivity contribution in [3.63, 3.8) is 0 Å². The van der Waals surface area contributed by atoms with Crippen molar-refractivity contribution in [2.45, 2.75) is 17.9 Å². The average molecular weight is 366 g/mol. The molecule has 0 aromatic heterocycles. The summed E-state index contributed by atoms with van der Waals surface area (Å²) in [5, 5.41) is 11.5. The van der Waals surface area contributed by atoms with E-state index in [4.69, 9.17) is 10.00 Å². The van der Waals surface area contributed by atoms with Crippen LogP contribution in [-0.4, -0.2) is 24.2 Å². The van der Waals surface area contributed by atoms with Crippen molar-refractivity contribution in [2.24, 2.45) is 0 Å². The predicted octanol–water partition coefficient (Wildman–Crippen LogP) is 3.86. The number of amides is 1. The van der Waals surface area contributed by atoms with E-state index < -0.39 is 18.0 Å². The van der Waals surface area contributed by atoms with Gasteiger partial charge in [0, 0.05) is 16.7 Å². The molecule has 0 aliphatic carbocycles. The van der Waals surface area contributed by atoms with Crippen molar-refractivity contribution in [3.05, 3.63) is 65.7 Å². The number of thioether (sulfide) groups is 1. The van der Waals surface area contributed by atoms with E-state index in [-0.39, 0.29) is 0 Å². The minimum absolute atomic E-state index is 0.433. The predicted molar refractivity (Wildman–Crippen MR) is 103 cm³/mol. The zero-order valence-electron chi connectivity index (χ0n) is 14.4. The van der Waals surface area contributed by atoms with Crippen molar-refractivity contribution in [1.29, 1.82) is 5.26 Å². The molecule has 0 saturated heterocycles. The van der Waals surface area contributed by atoms with Crippen LogP contribution in [0.1, 0.15) is 18.1 Å². The number of esters is 1. The molecule has 1 amide bonds. The number of rotatable bonds is 6. The summed E-state index contributed by atoms with van der Waals surface area (Å²) in [6, 6.07) is 16.2. The molecule has 132 valence electrons. The Kier molecular flexibility index (Phi) is 7.01. The van der Waals surface area contributed by atoms with Gasteiger partial charge in [0.2, 0.25) is 0 Å². The normalized spacial score (nSPS) is 11.6. The van der Waals surface area contributed by atoms with Crippen molar-refractivity contribution in [2.75, 3.05) is 11.6 Å². The van der Waals surface area contributed by atoms with Gasteiger partial charge in [-0.15, -0.1) is 11.8 Å². The number of nitriles is 1. The molecule has 0 bridgehead atoms. The molecule has 0 fully saturated rings. The van der Waals surface area contributed by atoms with E-state index in [1.807, 2.05) is 36.6 Å². The Balaban J connectivity index is 1.89. The lowest BCUT2D eigenvalue weighted by atomic mass is 10.2. The molecule has 1 atom stereocenters. The van der Waals surface area contributed by atoms with Crippen LogP contribution < -0.4 is 5.32 Å². The number of ether oxygens (including phenoxy) is 1. The van der Waals surface area contributed by atoms with Crippen molar-refractivity contribution < 1.29 is 14.3 Å². The smallest absolute Gasteiger partial charge is 0.331 e. The van der Waals surface area contributed by atoms with Crippen molar-refractivity contribution in [1.82, 2.24) is 0 Å². The monoisotopic (exact) mass is 366 g/mol. The Hall–Kier alpha value is -3.04. The van der Waals surface area contributed by atoms with Gasteiger partial charge in [0.15, 0.2) is 6.10 Å². The number of hydrogen-bond acceptors (Lipinski definition) is 5. The second-order valence-corrected chi connectivity index (χ2v) is 6.25. The third-order valence-corrected chi connectivity index (χ3v) is 4.19. The summed E-state index contributed by atoms with van der Waals surface area (Å²) in [7, 11) is 0. The minimum Gasteiger partial charge on any atom is -0.449 e. The Morgan fingerprint density at radius 2 is 1.96 bits per heavy atom. The topological polar surface area (TPSA) is 79.2 Å². The molecule has 0 aliphatic rings. The van der Waals surface area contributed by atoms with Crippen LogP contribution in [0.3, 0.4) is 0 Å². The van der Waals surface area contributed by atoms with Gasteiger partial charge in [-0.25, -0.2) is 4.79 Å². The number of carbonyl (C=O) groups is 2. The van der Waals surface area contributed by atoms with Crippen LogP contribution in [0.2, 0.25) is 0 Å². The standard InChI is InChI=1S/C20H18N2O3S/c1-14(20(24)22-17-5-3-4-16(12-17)13-21)25-19(23)11-8-15-6-9-18(26-2)10-7-15/h3-12,14H,1-2H3,(H,22,24)/b11-8+/t14-/m0/s1. The molecule has 0 heterocycles. The van der Waals surface area contributed by atoms with E-state index in [2.05, 4.69) is 5.32 Å². The Morgan fingerprint density at radius 1 is 1.23 bits per heavy atom. The van der Waals surface area contributed by atoms with E-state index in [9.17, 15) is 9.59 Å². The molecule has 0 radical (unpaired) electrons. The molecule has 0 unspecified atom stereocenters. The Morgan fingerprint density at radius 3 is 2.62 bits per heavy atom. The van der Waals surface area contributed by atoms with E-state index >= 15 is 0 Å². The number of nitrogens with one attached hydrogen (secondary N) is 1. The van der Waals surface area contributed by atoms with Gasteiger partial charge in [-0.3, -0.25) is 4.79 Å². The van der Waals surface area contributed by atoms with Crippen LogP contribution >= 0.6 is 11.8 Å². The zero-order chi connectivity index (χ0) is 18.9. The molecule has 2 aromatic rings. The molecular formula is C20H18N2O3S. The first-order chi connectivity index (χ1) is 12.5. The lowest BCUT2D eigenvalue weighted by Gasteiger charge is -2.12. The molecule has 1 N–H and O–H groups in total. The lowest BCUT2D eigenvalue weighted by molar-refractivity contribution is -0.148. The summed E-state index contributed by atoms with van der Waals surface area (Å²) in [6.45, 7) is 1.49. The van der Waals surface area contributed by atoms with Crippen molar-refractivity contribution >= 4 is 35.4 Å². The summed E-state index contributed by atoms with van der Waals surface area (Å²) in [5.74, 6) is -1.07. The maximum Gasteiger partial charge on any atom is 0.331 e. The third-order valence-electron chi connectivity index (χ3n) is 3.45. The van der Waals surface area contributed by atoms with E-state index in [0.717, 1.165) is 10.5 Å². The highest BCUT2D eigenvalue weighted by atomic mass is 32.2. The summed E-state index contributed by atoms with van der Waals surface area (Å²) in [6.07, 6.45) is 3.95. The fourth-order valence-corrected chi connectivity index (χ4v) is 2.46. The first kappa shape index (κ1) is 19.3. The number of carbonyl (C=O) groups excluding carboxylic acids is 2. The second kappa shape index (κ2) is 9.44. The molecule has 6 heteroatoms. The maximum absolute atomic E-state index is 12.1. The largest absolute Gasteiger partial charge is 0.449 e. The van der Waals surface area contributed by atoms with Gasteiger partial charge in [-0.1, -0.05) is 18.2 Å². The Bertz CT molecular complexity index is 854. The number of nitrogens with zero attached hydrogens (tertiary/aromatic N) is 1. The summed E-state index contributed by atoms with van der Waals surface area (Å²) < 4.78 is 5.10. The van der Waals surface area contributed by atoms with Gasteiger partial charge in [0.05, 0.1) is 11.6 Å². The Labute approximate surface area is 156 Å². The fraction of sp³-hybridized carbons (Fsp3) is 0.150. The van der Waals surface area contributed by atoms with Gasteiger partial charge < -0.3 is 10.1 Å². The highest BCUT2D eigenvalue weighted by molar-refractivity contribution is 7.98. The maximum atomic E-state index is 12.1. The van der Waals surface area contributed by atoms with Crippen LogP contribution in [-0.2, 0) is 14.3 Å². The van der Waals surface area contributed by atoms with Gasteiger partial charge in [0.1, 0.15) is 0 Å². The van der Waals surface area contributed by atoms with Gasteiger partial charge in [-0.05, 0) is 55.2 Å². The number of benzene rings is 2. The number of anilines is 1. The summed E-state index contributed by atoms with van der Waals surface area (Å²) >= 11 is 1.64. The summed E-state index contributed by atoms with van der Waals surface area (Å²) in [4.78, 5) is 25.1. The van der Waals surface area contributed by atoms with Gasteiger partial charge in [-0.2, -0.15) is 5.26 Å². The SMILES string of the molecule is CSc1ccc(/C=C/C(=O)O[C@@H](C)C(=O)Nc2cccc(C#N)c2)cc1. The molecular weight excluding hydrogens is 348 g/mol. The first-order valence-electron chi connectivity index (χ1n) is 7.85. The van der Waals surface area contributed by atoms with Gasteiger partial charge >= 0.3 is 5.97 Å². The van der Waals surface area contributed by atoms with Crippen LogP contribution in [0.4, 0.5) is 5.69 Å². The highest BCUT2D eigenvalue weighted by Crippen LogP contribution is 2.15. The van der Waals surface area contributed by atoms with E-state index in [1.54, 1.807) is 42.1 Å². The number of hydrogen-bond donors (Lipinski definition) is 1. The molecule has 0 spiro atoms. The second-order valence-electron chi connectivity index (χ2n) is 5.37. The third kappa shape index (κ3) is 5.80. The van der Waals surface area contributed by atoms with Crippen LogP contribution in [0, 0.1) is 11.3 Å². The molecule has 0 saturated carbocycles. The molecule has 2 aromatic carbocycles. The average Bonchev–Trinajstić information content (AvgIpc) is 2.66. The quantitative estimate of drug-likeness (QED) is 0.477. The zero-order valence-corrected chi connectivity index (χ0v) is 15.2. The van der Waals surface area contributed by atoms with E-state index in [1.165, 1.54) is 13.0 Å². The molecule has 0 aliphatic heterocycles. The molecule has 5 nitrogen and oxygen atoms in total. The van der Waals surface area contributed by atoms with Gasteiger partial charge in [0.25, 0.3) is 5.91 Å². The highest BCUT2D eigenvalue weighted by Gasteiger charge is 2.16. The molecule has 2 rings (SSSR count). The first-order valence-corrected chi connectivity index (χ1v) is 9.08. The summed E-state index contributed by atoms with van der Waals surface area (Å²) in [5.41, 5.74) is 1.77. The van der Waals surface area contributed by atoms with Crippen LogP contribution in [0.5, 0.6) is 0 Å². The van der Waals surface area contributed by atoms with E-state index in [0.29, 0.717) is 11.3 Å². The van der Waals surface area contributed by atoms with Crippen molar-refractivity contribution in [3.8, 4) is 6.07 Å². The molecule has 26 heavy (non-hydrogen) atoms. The van der Waals surface area contributed by atoms with Crippen LogP contribution in [0.25, 0.3) is 6.08 Å². The van der Waals surface area contributed by atoms with Crippen LogP contribution in [0.15, 0.2) is 59.5 Å². The minimum atomic E-state index is -0.961.